The van der Waals surface area contributed by atoms with Crippen molar-refractivity contribution in [3.63, 3.8) is 0 Å². The van der Waals surface area contributed by atoms with E-state index >= 15 is 0 Å². The molecule has 0 aliphatic carbocycles. The van der Waals surface area contributed by atoms with E-state index in [1.165, 1.54) is 4.90 Å². The molecule has 104 valence electrons. The third-order valence-corrected chi connectivity index (χ3v) is 2.97. The van der Waals surface area contributed by atoms with Crippen LogP contribution in [0.4, 0.5) is 4.79 Å². The Kier molecular flexibility index (Phi) is 4.24. The molecule has 1 rings (SSSR count). The molecule has 0 radical (unpaired) electrons. The molecule has 1 fully saturated rings. The molecule has 1 aliphatic heterocycles. The van der Waals surface area contributed by atoms with Crippen molar-refractivity contribution in [2.45, 2.75) is 58.6 Å². The number of rotatable bonds is 2. The highest BCUT2D eigenvalue weighted by Crippen LogP contribution is 2.31. The fraction of sp³-hybridized carbons (Fsp3) is 0.846. The minimum absolute atomic E-state index is 0.316. The summed E-state index contributed by atoms with van der Waals surface area (Å²) in [5.41, 5.74) is -1.45. The molecule has 0 saturated carbocycles. The largest absolute Gasteiger partial charge is 0.464 e. The third-order valence-electron chi connectivity index (χ3n) is 2.97. The lowest BCUT2D eigenvalue weighted by Gasteiger charge is -2.34. The van der Waals surface area contributed by atoms with Crippen molar-refractivity contribution in [2.75, 3.05) is 13.2 Å². The van der Waals surface area contributed by atoms with Crippen LogP contribution in [0.5, 0.6) is 0 Å². The van der Waals surface area contributed by atoms with Crippen LogP contribution >= 0.6 is 0 Å². The lowest BCUT2D eigenvalue weighted by atomic mass is 9.99. The van der Waals surface area contributed by atoms with E-state index in [0.717, 1.165) is 6.42 Å². The highest BCUT2D eigenvalue weighted by molar-refractivity contribution is 5.86. The van der Waals surface area contributed by atoms with E-state index in [2.05, 4.69) is 0 Å². The van der Waals surface area contributed by atoms with E-state index in [-0.39, 0.29) is 5.97 Å². The quantitative estimate of drug-likeness (QED) is 0.712. The molecule has 0 aromatic heterocycles. The second kappa shape index (κ2) is 5.16. The van der Waals surface area contributed by atoms with Gasteiger partial charge in [-0.3, -0.25) is 4.90 Å². The van der Waals surface area contributed by atoms with E-state index in [4.69, 9.17) is 9.47 Å². The molecule has 1 aliphatic rings. The van der Waals surface area contributed by atoms with Gasteiger partial charge in [-0.1, -0.05) is 0 Å². The summed E-state index contributed by atoms with van der Waals surface area (Å²) < 4.78 is 10.4. The summed E-state index contributed by atoms with van der Waals surface area (Å²) in [6, 6.07) is 0. The zero-order valence-corrected chi connectivity index (χ0v) is 11.9. The minimum Gasteiger partial charge on any atom is -0.464 e. The van der Waals surface area contributed by atoms with E-state index in [0.29, 0.717) is 19.6 Å². The van der Waals surface area contributed by atoms with Crippen LogP contribution in [0.25, 0.3) is 0 Å². The monoisotopic (exact) mass is 257 g/mol. The molecular weight excluding hydrogens is 234 g/mol. The number of likely N-dealkylation sites (tertiary alicyclic amines) is 1. The summed E-state index contributed by atoms with van der Waals surface area (Å²) in [7, 11) is 0. The zero-order valence-electron chi connectivity index (χ0n) is 11.9. The van der Waals surface area contributed by atoms with Gasteiger partial charge < -0.3 is 9.47 Å². The predicted molar refractivity (Wildman–Crippen MR) is 67.2 cm³/mol. The van der Waals surface area contributed by atoms with Crippen LogP contribution in [0.3, 0.4) is 0 Å². The molecule has 5 heteroatoms. The van der Waals surface area contributed by atoms with Gasteiger partial charge in [0.2, 0.25) is 0 Å². The van der Waals surface area contributed by atoms with Crippen LogP contribution in [0.1, 0.15) is 47.5 Å². The highest BCUT2D eigenvalue weighted by atomic mass is 16.6. The van der Waals surface area contributed by atoms with E-state index in [1.807, 2.05) is 20.8 Å². The second-order valence-electron chi connectivity index (χ2n) is 5.73. The second-order valence-corrected chi connectivity index (χ2v) is 5.73. The first-order chi connectivity index (χ1) is 8.20. The van der Waals surface area contributed by atoms with Crippen molar-refractivity contribution in [3.05, 3.63) is 0 Å². The summed E-state index contributed by atoms with van der Waals surface area (Å²) in [6.07, 6.45) is 0.954. The number of hydrogen-bond acceptors (Lipinski definition) is 4. The average Bonchev–Trinajstić information content (AvgIpc) is 2.59. The van der Waals surface area contributed by atoms with Gasteiger partial charge in [0.05, 0.1) is 6.61 Å². The molecule has 1 unspecified atom stereocenters. The minimum atomic E-state index is -0.891. The molecule has 0 aromatic rings. The maximum atomic E-state index is 12.1. The molecule has 1 atom stereocenters. The van der Waals surface area contributed by atoms with Gasteiger partial charge in [-0.25, -0.2) is 9.59 Å². The van der Waals surface area contributed by atoms with Gasteiger partial charge in [0.25, 0.3) is 0 Å². The maximum Gasteiger partial charge on any atom is 0.411 e. The summed E-state index contributed by atoms with van der Waals surface area (Å²) >= 11 is 0. The Hall–Kier alpha value is -1.26. The SMILES string of the molecule is CCOC(=O)C1(C)CCCN1C(=O)OC(C)(C)C. The van der Waals surface area contributed by atoms with Crippen molar-refractivity contribution < 1.29 is 19.1 Å². The van der Waals surface area contributed by atoms with E-state index in [9.17, 15) is 9.59 Å². The highest BCUT2D eigenvalue weighted by Gasteiger charge is 2.48. The smallest absolute Gasteiger partial charge is 0.411 e. The lowest BCUT2D eigenvalue weighted by Crippen LogP contribution is -2.52. The Balaban J connectivity index is 2.81. The van der Waals surface area contributed by atoms with Crippen molar-refractivity contribution in [2.24, 2.45) is 0 Å². The Morgan fingerprint density at radius 2 is 1.94 bits per heavy atom. The Labute approximate surface area is 108 Å². The standard InChI is InChI=1S/C13H23NO4/c1-6-17-10(15)13(5)8-7-9-14(13)11(16)18-12(2,3)4/h6-9H2,1-5H3. The van der Waals surface area contributed by atoms with Crippen LogP contribution < -0.4 is 0 Å². The van der Waals surface area contributed by atoms with Crippen LogP contribution in [0.2, 0.25) is 0 Å². The van der Waals surface area contributed by atoms with Crippen molar-refractivity contribution in [1.29, 1.82) is 0 Å². The number of nitrogens with zero attached hydrogens (tertiary/aromatic N) is 1. The predicted octanol–water partition coefficient (Wildman–Crippen LogP) is 2.34. The van der Waals surface area contributed by atoms with Gasteiger partial charge in [-0.05, 0) is 47.5 Å². The van der Waals surface area contributed by atoms with Crippen molar-refractivity contribution in [1.82, 2.24) is 4.90 Å². The van der Waals surface area contributed by atoms with Gasteiger partial charge in [0, 0.05) is 6.54 Å². The molecule has 0 aromatic carbocycles. The first-order valence-electron chi connectivity index (χ1n) is 6.38. The zero-order chi connectivity index (χ0) is 14.0. The fourth-order valence-corrected chi connectivity index (χ4v) is 2.07. The van der Waals surface area contributed by atoms with Crippen LogP contribution in [0, 0.1) is 0 Å². The lowest BCUT2D eigenvalue weighted by molar-refractivity contribution is -0.154. The molecule has 0 N–H and O–H groups in total. The van der Waals surface area contributed by atoms with Gasteiger partial charge in [-0.2, -0.15) is 0 Å². The number of hydrogen-bond donors (Lipinski definition) is 0. The van der Waals surface area contributed by atoms with Gasteiger partial charge >= 0.3 is 12.1 Å². The molecule has 1 amide bonds. The first kappa shape index (κ1) is 14.8. The summed E-state index contributed by atoms with van der Waals surface area (Å²) in [6.45, 7) is 9.77. The van der Waals surface area contributed by atoms with Gasteiger partial charge in [0.1, 0.15) is 11.1 Å². The number of amides is 1. The average molecular weight is 257 g/mol. The normalized spacial score (nSPS) is 23.9. The van der Waals surface area contributed by atoms with Gasteiger partial charge in [0.15, 0.2) is 0 Å². The molecule has 0 spiro atoms. The van der Waals surface area contributed by atoms with E-state index < -0.39 is 17.2 Å². The van der Waals surface area contributed by atoms with Crippen molar-refractivity contribution >= 4 is 12.1 Å². The van der Waals surface area contributed by atoms with Crippen LogP contribution in [0.15, 0.2) is 0 Å². The number of ether oxygens (including phenoxy) is 2. The molecule has 18 heavy (non-hydrogen) atoms. The fourth-order valence-electron chi connectivity index (χ4n) is 2.07. The number of esters is 1. The molecular formula is C13H23NO4. The third kappa shape index (κ3) is 3.15. The molecule has 1 saturated heterocycles. The first-order valence-corrected chi connectivity index (χ1v) is 6.38. The summed E-state index contributed by atoms with van der Waals surface area (Å²) in [4.78, 5) is 25.5. The maximum absolute atomic E-state index is 12.1. The molecule has 5 nitrogen and oxygen atoms in total. The Bertz CT molecular complexity index is 334. The van der Waals surface area contributed by atoms with Crippen LogP contribution in [-0.4, -0.2) is 41.3 Å². The molecule has 0 bridgehead atoms. The summed E-state index contributed by atoms with van der Waals surface area (Å²) in [5.74, 6) is -0.353. The topological polar surface area (TPSA) is 55.8 Å². The summed E-state index contributed by atoms with van der Waals surface area (Å²) in [5, 5.41) is 0. The van der Waals surface area contributed by atoms with E-state index in [1.54, 1.807) is 13.8 Å². The van der Waals surface area contributed by atoms with Crippen molar-refractivity contribution in [3.8, 4) is 0 Å². The number of carbonyl (C=O) groups is 2. The Morgan fingerprint density at radius 1 is 1.33 bits per heavy atom. The van der Waals surface area contributed by atoms with Crippen LogP contribution in [-0.2, 0) is 14.3 Å². The Morgan fingerprint density at radius 3 is 2.44 bits per heavy atom. The van der Waals surface area contributed by atoms with Gasteiger partial charge in [-0.15, -0.1) is 0 Å². The molecule has 1 heterocycles. The number of carbonyl (C=O) groups excluding carboxylic acids is 2.